The molecule has 0 saturated carbocycles. The Hall–Kier alpha value is -1.36. The van der Waals surface area contributed by atoms with Crippen molar-refractivity contribution in [1.29, 1.82) is 0 Å². The Kier molecular flexibility index (Phi) is 8.03. The molecule has 0 saturated heterocycles. The summed E-state index contributed by atoms with van der Waals surface area (Å²) in [7, 11) is 0. The highest BCUT2D eigenvalue weighted by Crippen LogP contribution is 1.94. The fourth-order valence-corrected chi connectivity index (χ4v) is 1.37. The van der Waals surface area contributed by atoms with Gasteiger partial charge in [-0.3, -0.25) is 15.0 Å². The number of hydrogen-bond donors (Lipinski definition) is 2. The summed E-state index contributed by atoms with van der Waals surface area (Å²) >= 11 is 0. The number of nitrogens with one attached hydrogen (secondary N) is 2. The summed E-state index contributed by atoms with van der Waals surface area (Å²) in [6.07, 6.45) is 0. The molecular formula is C13H25N3O2. The van der Waals surface area contributed by atoms with Gasteiger partial charge in [0.25, 0.3) is 0 Å². The molecule has 0 aromatic heterocycles. The molecule has 0 aliphatic rings. The van der Waals surface area contributed by atoms with Gasteiger partial charge in [0, 0.05) is 13.1 Å². The molecule has 5 heteroatoms. The quantitative estimate of drug-likeness (QED) is 0.675. The highest BCUT2D eigenvalue weighted by molar-refractivity contribution is 5.95. The van der Waals surface area contributed by atoms with Gasteiger partial charge in [-0.1, -0.05) is 32.9 Å². The Morgan fingerprint density at radius 1 is 1.28 bits per heavy atom. The molecule has 0 atom stereocenters. The van der Waals surface area contributed by atoms with Crippen molar-refractivity contribution in [2.24, 2.45) is 5.92 Å². The van der Waals surface area contributed by atoms with Crippen LogP contribution < -0.4 is 10.6 Å². The minimum atomic E-state index is -0.430. The Morgan fingerprint density at radius 2 is 1.89 bits per heavy atom. The summed E-state index contributed by atoms with van der Waals surface area (Å²) in [5.74, 6) is 0.0702. The molecule has 0 aliphatic carbocycles. The lowest BCUT2D eigenvalue weighted by molar-refractivity contribution is -0.121. The molecular weight excluding hydrogens is 230 g/mol. The second-order valence-corrected chi connectivity index (χ2v) is 4.91. The fraction of sp³-hybridized carbons (Fsp3) is 0.692. The molecule has 5 nitrogen and oxygen atoms in total. The topological polar surface area (TPSA) is 61.4 Å². The number of carbonyl (C=O) groups excluding carboxylic acids is 2. The van der Waals surface area contributed by atoms with Crippen molar-refractivity contribution >= 4 is 11.9 Å². The van der Waals surface area contributed by atoms with Crippen molar-refractivity contribution in [2.45, 2.75) is 27.7 Å². The molecule has 3 amide bonds. The van der Waals surface area contributed by atoms with Crippen molar-refractivity contribution in [2.75, 3.05) is 26.2 Å². The van der Waals surface area contributed by atoms with E-state index in [1.165, 1.54) is 0 Å². The van der Waals surface area contributed by atoms with E-state index in [0.717, 1.165) is 12.1 Å². The molecule has 0 heterocycles. The molecule has 2 N–H and O–H groups in total. The zero-order valence-corrected chi connectivity index (χ0v) is 11.9. The minimum Gasteiger partial charge on any atom is -0.338 e. The van der Waals surface area contributed by atoms with Gasteiger partial charge in [-0.25, -0.2) is 4.79 Å². The van der Waals surface area contributed by atoms with Crippen LogP contribution in [0.3, 0.4) is 0 Å². The first-order valence-electron chi connectivity index (χ1n) is 6.29. The molecule has 0 aromatic rings. The number of amides is 3. The molecule has 18 heavy (non-hydrogen) atoms. The third kappa shape index (κ3) is 8.75. The number of hydrogen-bond acceptors (Lipinski definition) is 3. The summed E-state index contributed by atoms with van der Waals surface area (Å²) in [5, 5.41) is 4.95. The summed E-state index contributed by atoms with van der Waals surface area (Å²) in [6, 6.07) is -0.430. The Balaban J connectivity index is 4.00. The van der Waals surface area contributed by atoms with Gasteiger partial charge in [0.05, 0.1) is 6.54 Å². The van der Waals surface area contributed by atoms with Crippen molar-refractivity contribution in [1.82, 2.24) is 15.5 Å². The lowest BCUT2D eigenvalue weighted by Gasteiger charge is -2.19. The monoisotopic (exact) mass is 255 g/mol. The van der Waals surface area contributed by atoms with E-state index in [4.69, 9.17) is 0 Å². The van der Waals surface area contributed by atoms with E-state index in [9.17, 15) is 9.59 Å². The van der Waals surface area contributed by atoms with Crippen LogP contribution in [0.25, 0.3) is 0 Å². The first-order valence-corrected chi connectivity index (χ1v) is 6.29. The van der Waals surface area contributed by atoms with Crippen molar-refractivity contribution in [3.8, 4) is 0 Å². The normalized spacial score (nSPS) is 10.6. The van der Waals surface area contributed by atoms with Crippen LogP contribution in [0, 0.1) is 5.92 Å². The number of rotatable bonds is 7. The fourth-order valence-electron chi connectivity index (χ4n) is 1.37. The van der Waals surface area contributed by atoms with Gasteiger partial charge in [0.1, 0.15) is 0 Å². The van der Waals surface area contributed by atoms with E-state index in [1.54, 1.807) is 0 Å². The smallest absolute Gasteiger partial charge is 0.321 e. The summed E-state index contributed by atoms with van der Waals surface area (Å²) in [6.45, 7) is 13.8. The average Bonchev–Trinajstić information content (AvgIpc) is 2.24. The van der Waals surface area contributed by atoms with E-state index < -0.39 is 6.03 Å². The molecule has 0 radical (unpaired) electrons. The standard InChI is InChI=1S/C13H25N3O2/c1-6-16(8-11(4)5)9-12(17)15-13(18)14-7-10(2)3/h10H,4,6-9H2,1-3,5H3,(H2,14,15,17,18). The van der Waals surface area contributed by atoms with Gasteiger partial charge in [-0.2, -0.15) is 0 Å². The van der Waals surface area contributed by atoms with Crippen LogP contribution in [0.5, 0.6) is 0 Å². The van der Waals surface area contributed by atoms with Crippen LogP contribution in [0.15, 0.2) is 12.2 Å². The zero-order valence-electron chi connectivity index (χ0n) is 11.9. The van der Waals surface area contributed by atoms with Crippen LogP contribution in [-0.4, -0.2) is 43.0 Å². The number of likely N-dealkylation sites (N-methyl/N-ethyl adjacent to an activating group) is 1. The second-order valence-electron chi connectivity index (χ2n) is 4.91. The molecule has 0 fully saturated rings. The lowest BCUT2D eigenvalue weighted by Crippen LogP contribution is -2.45. The van der Waals surface area contributed by atoms with Gasteiger partial charge in [-0.05, 0) is 19.4 Å². The SMILES string of the molecule is C=C(C)CN(CC)CC(=O)NC(=O)NCC(C)C. The van der Waals surface area contributed by atoms with Crippen molar-refractivity contribution in [3.05, 3.63) is 12.2 Å². The molecule has 0 rings (SSSR count). The predicted molar refractivity (Wildman–Crippen MR) is 73.3 cm³/mol. The van der Waals surface area contributed by atoms with E-state index in [1.807, 2.05) is 32.6 Å². The number of urea groups is 1. The molecule has 0 bridgehead atoms. The molecule has 0 aromatic carbocycles. The highest BCUT2D eigenvalue weighted by Gasteiger charge is 2.12. The summed E-state index contributed by atoms with van der Waals surface area (Å²) in [4.78, 5) is 24.9. The van der Waals surface area contributed by atoms with Crippen LogP contribution in [0.4, 0.5) is 4.79 Å². The summed E-state index contributed by atoms with van der Waals surface area (Å²) < 4.78 is 0. The summed E-state index contributed by atoms with van der Waals surface area (Å²) in [5.41, 5.74) is 0.994. The number of carbonyl (C=O) groups is 2. The average molecular weight is 255 g/mol. The maximum Gasteiger partial charge on any atom is 0.321 e. The Bertz CT molecular complexity index is 301. The zero-order chi connectivity index (χ0) is 14.1. The van der Waals surface area contributed by atoms with Gasteiger partial charge >= 0.3 is 6.03 Å². The maximum atomic E-state index is 11.6. The van der Waals surface area contributed by atoms with E-state index in [-0.39, 0.29) is 12.5 Å². The van der Waals surface area contributed by atoms with Crippen molar-refractivity contribution < 1.29 is 9.59 Å². The van der Waals surface area contributed by atoms with Gasteiger partial charge in [0.15, 0.2) is 0 Å². The first-order chi connectivity index (χ1) is 8.35. The van der Waals surface area contributed by atoms with Crippen LogP contribution in [0.2, 0.25) is 0 Å². The Labute approximate surface area is 110 Å². The predicted octanol–water partition coefficient (Wildman–Crippen LogP) is 1.37. The van der Waals surface area contributed by atoms with Gasteiger partial charge in [-0.15, -0.1) is 0 Å². The van der Waals surface area contributed by atoms with Crippen LogP contribution in [-0.2, 0) is 4.79 Å². The second kappa shape index (κ2) is 8.69. The molecule has 104 valence electrons. The van der Waals surface area contributed by atoms with Crippen molar-refractivity contribution in [3.63, 3.8) is 0 Å². The van der Waals surface area contributed by atoms with Gasteiger partial charge < -0.3 is 5.32 Å². The number of imide groups is 1. The molecule has 0 aliphatic heterocycles. The molecule has 0 spiro atoms. The van der Waals surface area contributed by atoms with E-state index in [2.05, 4.69) is 17.2 Å². The Morgan fingerprint density at radius 3 is 2.33 bits per heavy atom. The third-order valence-electron chi connectivity index (χ3n) is 2.23. The van der Waals surface area contributed by atoms with E-state index in [0.29, 0.717) is 19.0 Å². The largest absolute Gasteiger partial charge is 0.338 e. The van der Waals surface area contributed by atoms with Gasteiger partial charge in [0.2, 0.25) is 5.91 Å². The minimum absolute atomic E-state index is 0.207. The lowest BCUT2D eigenvalue weighted by atomic mass is 10.2. The maximum absolute atomic E-state index is 11.6. The third-order valence-corrected chi connectivity index (χ3v) is 2.23. The molecule has 0 unspecified atom stereocenters. The van der Waals surface area contributed by atoms with E-state index >= 15 is 0 Å². The number of nitrogens with zero attached hydrogens (tertiary/aromatic N) is 1. The van der Waals surface area contributed by atoms with Crippen LogP contribution >= 0.6 is 0 Å². The van der Waals surface area contributed by atoms with Crippen LogP contribution in [0.1, 0.15) is 27.7 Å². The highest BCUT2D eigenvalue weighted by atomic mass is 16.2. The first kappa shape index (κ1) is 16.6.